The molecule has 0 aliphatic heterocycles. The fourth-order valence-corrected chi connectivity index (χ4v) is 3.31. The maximum absolute atomic E-state index is 10.0. The fraction of sp³-hybridized carbons (Fsp3) is 0.0833. The number of anilines is 5. The van der Waals surface area contributed by atoms with Gasteiger partial charge in [0.15, 0.2) is 0 Å². The average molecular weight is 536 g/mol. The molecule has 0 bridgehead atoms. The number of nitrogens with one attached hydrogen (secondary N) is 3. The van der Waals surface area contributed by atoms with Crippen LogP contribution in [0.15, 0.2) is 76.3 Å². The summed E-state index contributed by atoms with van der Waals surface area (Å²) in [6, 6.07) is 19.7. The van der Waals surface area contributed by atoms with E-state index in [0.29, 0.717) is 17.5 Å². The zero-order valence-electron chi connectivity index (χ0n) is 18.9. The Morgan fingerprint density at radius 2 is 1.29 bits per heavy atom. The van der Waals surface area contributed by atoms with E-state index in [1.807, 2.05) is 48.5 Å². The Kier molecular flexibility index (Phi) is 7.58. The van der Waals surface area contributed by atoms with Crippen molar-refractivity contribution in [3.8, 4) is 17.2 Å². The normalized spacial score (nSPS) is 10.7. The highest BCUT2D eigenvalue weighted by atomic mass is 79.9. The van der Waals surface area contributed by atoms with Crippen LogP contribution in [0.5, 0.6) is 17.2 Å². The van der Waals surface area contributed by atoms with Gasteiger partial charge < -0.3 is 25.2 Å². The number of nitrogens with zero attached hydrogens (tertiary/aromatic N) is 4. The maximum Gasteiger partial charge on any atom is 0.250 e. The number of ether oxygens (including phenoxy) is 2. The van der Waals surface area contributed by atoms with Gasteiger partial charge in [-0.05, 0) is 66.7 Å². The molecular weight excluding hydrogens is 514 g/mol. The maximum atomic E-state index is 10.0. The Morgan fingerprint density at radius 1 is 0.771 bits per heavy atom. The number of methoxy groups -OCH3 is 2. The molecule has 0 aliphatic rings. The van der Waals surface area contributed by atoms with Crippen molar-refractivity contribution in [1.82, 2.24) is 15.0 Å². The number of phenols is 1. The van der Waals surface area contributed by atoms with Crippen molar-refractivity contribution in [3.63, 3.8) is 0 Å². The first-order valence-electron chi connectivity index (χ1n) is 10.4. The summed E-state index contributed by atoms with van der Waals surface area (Å²) in [7, 11) is 3.22. The Bertz CT molecular complexity index is 1250. The minimum absolute atomic E-state index is 0.0955. The predicted octanol–water partition coefficient (Wildman–Crippen LogP) is 5.29. The first-order valence-corrected chi connectivity index (χ1v) is 11.2. The van der Waals surface area contributed by atoms with E-state index in [2.05, 4.69) is 52.0 Å². The van der Waals surface area contributed by atoms with Gasteiger partial charge in [0.25, 0.3) is 0 Å². The van der Waals surface area contributed by atoms with Gasteiger partial charge in [-0.1, -0.05) is 15.9 Å². The molecule has 0 amide bonds. The van der Waals surface area contributed by atoms with E-state index in [1.54, 1.807) is 32.4 Å². The molecule has 178 valence electrons. The third-order valence-electron chi connectivity index (χ3n) is 4.69. The highest BCUT2D eigenvalue weighted by molar-refractivity contribution is 9.10. The lowest BCUT2D eigenvalue weighted by Crippen LogP contribution is -2.07. The molecular formula is C24H22BrN7O3. The van der Waals surface area contributed by atoms with Gasteiger partial charge in [0.1, 0.15) is 17.2 Å². The molecule has 11 heteroatoms. The summed E-state index contributed by atoms with van der Waals surface area (Å²) in [5.74, 6) is 2.35. The van der Waals surface area contributed by atoms with Crippen molar-refractivity contribution in [2.45, 2.75) is 0 Å². The van der Waals surface area contributed by atoms with Crippen molar-refractivity contribution in [2.24, 2.45) is 5.10 Å². The van der Waals surface area contributed by atoms with E-state index >= 15 is 0 Å². The van der Waals surface area contributed by atoms with Crippen LogP contribution in [0, 0.1) is 0 Å². The van der Waals surface area contributed by atoms with Crippen molar-refractivity contribution in [2.75, 3.05) is 30.3 Å². The fourth-order valence-electron chi connectivity index (χ4n) is 2.93. The van der Waals surface area contributed by atoms with Crippen LogP contribution in [0.4, 0.5) is 29.2 Å². The summed E-state index contributed by atoms with van der Waals surface area (Å²) >= 11 is 3.37. The van der Waals surface area contributed by atoms with Gasteiger partial charge in [0.2, 0.25) is 17.8 Å². The number of hydrogen-bond acceptors (Lipinski definition) is 10. The molecule has 3 aromatic carbocycles. The smallest absolute Gasteiger partial charge is 0.250 e. The Morgan fingerprint density at radius 3 is 1.80 bits per heavy atom. The van der Waals surface area contributed by atoms with Gasteiger partial charge in [-0.15, -0.1) is 0 Å². The minimum atomic E-state index is 0.0955. The number of hydrazone groups is 1. The number of aromatic hydroxyl groups is 1. The van der Waals surface area contributed by atoms with Crippen molar-refractivity contribution < 1.29 is 14.6 Å². The lowest BCUT2D eigenvalue weighted by atomic mass is 10.2. The van der Waals surface area contributed by atoms with E-state index in [4.69, 9.17) is 9.47 Å². The molecule has 4 aromatic rings. The molecule has 35 heavy (non-hydrogen) atoms. The third kappa shape index (κ3) is 6.58. The van der Waals surface area contributed by atoms with Crippen LogP contribution in [0.1, 0.15) is 5.56 Å². The Balaban J connectivity index is 1.58. The first-order chi connectivity index (χ1) is 17.0. The topological polar surface area (TPSA) is 126 Å². The molecule has 0 saturated heterocycles. The summed E-state index contributed by atoms with van der Waals surface area (Å²) in [6.45, 7) is 0. The molecule has 4 rings (SSSR count). The van der Waals surface area contributed by atoms with Gasteiger partial charge >= 0.3 is 0 Å². The molecule has 1 heterocycles. The number of aromatic nitrogens is 3. The van der Waals surface area contributed by atoms with Crippen molar-refractivity contribution in [3.05, 3.63) is 76.8 Å². The molecule has 0 aliphatic carbocycles. The summed E-state index contributed by atoms with van der Waals surface area (Å²) in [5.41, 5.74) is 4.84. The average Bonchev–Trinajstić information content (AvgIpc) is 2.87. The van der Waals surface area contributed by atoms with E-state index in [9.17, 15) is 5.11 Å². The van der Waals surface area contributed by atoms with Gasteiger partial charge in [-0.3, -0.25) is 0 Å². The lowest BCUT2D eigenvalue weighted by molar-refractivity contribution is 0.415. The second-order valence-electron chi connectivity index (χ2n) is 7.09. The molecule has 4 N–H and O–H groups in total. The number of benzene rings is 3. The van der Waals surface area contributed by atoms with E-state index < -0.39 is 0 Å². The number of halogens is 1. The van der Waals surface area contributed by atoms with E-state index in [1.165, 1.54) is 6.21 Å². The second-order valence-corrected chi connectivity index (χ2v) is 8.00. The van der Waals surface area contributed by atoms with Crippen LogP contribution in [0.3, 0.4) is 0 Å². The van der Waals surface area contributed by atoms with Crippen molar-refractivity contribution >= 4 is 51.4 Å². The summed E-state index contributed by atoms with van der Waals surface area (Å²) < 4.78 is 11.2. The summed E-state index contributed by atoms with van der Waals surface area (Å²) in [6.07, 6.45) is 1.47. The van der Waals surface area contributed by atoms with Gasteiger partial charge in [-0.25, -0.2) is 5.43 Å². The van der Waals surface area contributed by atoms with Crippen LogP contribution in [-0.4, -0.2) is 40.5 Å². The lowest BCUT2D eigenvalue weighted by Gasteiger charge is -2.11. The SMILES string of the molecule is COc1ccc(Nc2nc(N/N=C\c3cc(Br)ccc3O)nc(Nc3ccc(OC)cc3)n2)cc1. The van der Waals surface area contributed by atoms with Crippen LogP contribution >= 0.6 is 15.9 Å². The van der Waals surface area contributed by atoms with Gasteiger partial charge in [0.05, 0.1) is 20.4 Å². The molecule has 0 atom stereocenters. The number of rotatable bonds is 9. The number of phenolic OH excluding ortho intramolecular Hbond substituents is 1. The van der Waals surface area contributed by atoms with Crippen molar-refractivity contribution in [1.29, 1.82) is 0 Å². The largest absolute Gasteiger partial charge is 0.507 e. The Labute approximate surface area is 210 Å². The molecule has 0 saturated carbocycles. The third-order valence-corrected chi connectivity index (χ3v) is 5.18. The van der Waals surface area contributed by atoms with E-state index in [0.717, 1.165) is 27.3 Å². The van der Waals surface area contributed by atoms with Crippen LogP contribution in [0.25, 0.3) is 0 Å². The molecule has 0 radical (unpaired) electrons. The minimum Gasteiger partial charge on any atom is -0.507 e. The van der Waals surface area contributed by atoms with Crippen LogP contribution in [-0.2, 0) is 0 Å². The zero-order chi connectivity index (χ0) is 24.6. The highest BCUT2D eigenvalue weighted by Gasteiger charge is 2.08. The van der Waals surface area contributed by atoms with Crippen LogP contribution < -0.4 is 25.5 Å². The first kappa shape index (κ1) is 23.8. The summed E-state index contributed by atoms with van der Waals surface area (Å²) in [5, 5.41) is 20.5. The zero-order valence-corrected chi connectivity index (χ0v) is 20.4. The van der Waals surface area contributed by atoms with Gasteiger partial charge in [-0.2, -0.15) is 20.1 Å². The molecule has 1 aromatic heterocycles. The molecule has 10 nitrogen and oxygen atoms in total. The molecule has 0 unspecified atom stereocenters. The molecule has 0 fully saturated rings. The predicted molar refractivity (Wildman–Crippen MR) is 139 cm³/mol. The second kappa shape index (κ2) is 11.2. The quantitative estimate of drug-likeness (QED) is 0.167. The molecule has 0 spiro atoms. The van der Waals surface area contributed by atoms with E-state index in [-0.39, 0.29) is 11.7 Å². The number of hydrogen-bond donors (Lipinski definition) is 4. The monoisotopic (exact) mass is 535 g/mol. The summed E-state index contributed by atoms with van der Waals surface area (Å²) in [4.78, 5) is 13.2. The highest BCUT2D eigenvalue weighted by Crippen LogP contribution is 2.23. The van der Waals surface area contributed by atoms with Crippen LogP contribution in [0.2, 0.25) is 0 Å². The Hall–Kier alpha value is -4.38. The van der Waals surface area contributed by atoms with Gasteiger partial charge in [0, 0.05) is 21.4 Å². The standard InChI is InChI=1S/C24H22BrN7O3/c1-34-19-8-4-17(5-9-19)27-22-29-23(28-18-6-10-20(35-2)11-7-18)31-24(30-22)32-26-14-15-13-16(25)3-12-21(15)33/h3-14,33H,1-2H3,(H3,27,28,29,30,31,32)/b26-14-.